The quantitative estimate of drug-likeness (QED) is 0.864. The van der Waals surface area contributed by atoms with Gasteiger partial charge in [-0.05, 0) is 12.8 Å². The molecular formula is C12H12F3N3O2S. The second kappa shape index (κ2) is 6.25. The van der Waals surface area contributed by atoms with E-state index < -0.39 is 18.0 Å². The van der Waals surface area contributed by atoms with Crippen molar-refractivity contribution in [1.82, 2.24) is 9.88 Å². The zero-order valence-electron chi connectivity index (χ0n) is 10.8. The zero-order chi connectivity index (χ0) is 15.5. The standard InChI is InChI=1S/C12H12F3N3O2S/c13-12(14,15)9(19)3-6-18-5-1-2-8(18)10(20)17-11-16-4-7-21-11/h3-4,6-8H,1-2,5H2,(H,16,17,20)/b6-3-/t8-/m1/s1. The maximum absolute atomic E-state index is 12.1. The van der Waals surface area contributed by atoms with Crippen molar-refractivity contribution in [3.05, 3.63) is 23.9 Å². The van der Waals surface area contributed by atoms with E-state index in [2.05, 4.69) is 10.3 Å². The number of halogens is 3. The molecule has 1 aromatic rings. The Morgan fingerprint density at radius 1 is 1.48 bits per heavy atom. The van der Waals surface area contributed by atoms with E-state index >= 15 is 0 Å². The third-order valence-corrected chi connectivity index (χ3v) is 3.64. The first-order chi connectivity index (χ1) is 9.88. The molecule has 1 atom stereocenters. The maximum atomic E-state index is 12.1. The van der Waals surface area contributed by atoms with Gasteiger partial charge in [0.05, 0.1) is 0 Å². The highest BCUT2D eigenvalue weighted by atomic mass is 32.1. The van der Waals surface area contributed by atoms with Crippen LogP contribution in [0.3, 0.4) is 0 Å². The summed E-state index contributed by atoms with van der Waals surface area (Å²) in [5, 5.41) is 4.73. The molecule has 114 valence electrons. The number of hydrogen-bond donors (Lipinski definition) is 1. The molecule has 1 aliphatic heterocycles. The van der Waals surface area contributed by atoms with Crippen LogP contribution in [0.25, 0.3) is 0 Å². The summed E-state index contributed by atoms with van der Waals surface area (Å²) in [5.74, 6) is -2.28. The van der Waals surface area contributed by atoms with E-state index in [1.54, 1.807) is 5.38 Å². The van der Waals surface area contributed by atoms with Crippen LogP contribution in [0.4, 0.5) is 18.3 Å². The number of aromatic nitrogens is 1. The number of amides is 1. The predicted octanol–water partition coefficient (Wildman–Crippen LogP) is 2.19. The van der Waals surface area contributed by atoms with Crippen LogP contribution in [0.5, 0.6) is 0 Å². The molecule has 1 saturated heterocycles. The van der Waals surface area contributed by atoms with Gasteiger partial charge in [-0.25, -0.2) is 4.98 Å². The Labute approximate surface area is 122 Å². The number of likely N-dealkylation sites (tertiary alicyclic amines) is 1. The van der Waals surface area contributed by atoms with Crippen molar-refractivity contribution in [2.75, 3.05) is 11.9 Å². The summed E-state index contributed by atoms with van der Waals surface area (Å²) < 4.78 is 36.4. The number of rotatable bonds is 4. The minimum absolute atomic E-state index is 0.341. The fourth-order valence-corrected chi connectivity index (χ4v) is 2.51. The van der Waals surface area contributed by atoms with Crippen molar-refractivity contribution >= 4 is 28.2 Å². The van der Waals surface area contributed by atoms with Crippen LogP contribution in [-0.4, -0.2) is 40.3 Å². The normalized spacial score (nSPS) is 19.2. The van der Waals surface area contributed by atoms with Gasteiger partial charge >= 0.3 is 6.18 Å². The molecule has 0 unspecified atom stereocenters. The van der Waals surface area contributed by atoms with E-state index in [1.165, 1.54) is 22.4 Å². The monoisotopic (exact) mass is 319 g/mol. The highest BCUT2D eigenvalue weighted by Crippen LogP contribution is 2.21. The number of allylic oxidation sites excluding steroid dienone is 1. The summed E-state index contributed by atoms with van der Waals surface area (Å²) in [6.45, 7) is 0.428. The molecule has 0 saturated carbocycles. The average Bonchev–Trinajstić information content (AvgIpc) is 3.04. The average molecular weight is 319 g/mol. The van der Waals surface area contributed by atoms with Crippen LogP contribution < -0.4 is 5.32 Å². The van der Waals surface area contributed by atoms with Gasteiger partial charge in [-0.3, -0.25) is 9.59 Å². The van der Waals surface area contributed by atoms with E-state index in [1.807, 2.05) is 0 Å². The third kappa shape index (κ3) is 4.03. The van der Waals surface area contributed by atoms with Crippen LogP contribution in [-0.2, 0) is 9.59 Å². The number of anilines is 1. The van der Waals surface area contributed by atoms with Crippen molar-refractivity contribution in [2.45, 2.75) is 25.1 Å². The molecule has 5 nitrogen and oxygen atoms in total. The van der Waals surface area contributed by atoms with Gasteiger partial charge in [-0.15, -0.1) is 11.3 Å². The summed E-state index contributed by atoms with van der Waals surface area (Å²) >= 11 is 1.25. The molecule has 1 amide bonds. The smallest absolute Gasteiger partial charge is 0.365 e. The number of carbonyl (C=O) groups is 2. The topological polar surface area (TPSA) is 62.3 Å². The summed E-state index contributed by atoms with van der Waals surface area (Å²) in [4.78, 5) is 28.2. The molecule has 0 aliphatic carbocycles. The number of carbonyl (C=O) groups excluding carboxylic acids is 2. The molecule has 0 spiro atoms. The summed E-state index contributed by atoms with van der Waals surface area (Å²) in [7, 11) is 0. The van der Waals surface area contributed by atoms with Gasteiger partial charge in [0.15, 0.2) is 5.13 Å². The van der Waals surface area contributed by atoms with Crippen molar-refractivity contribution in [2.24, 2.45) is 0 Å². The Morgan fingerprint density at radius 3 is 2.86 bits per heavy atom. The van der Waals surface area contributed by atoms with E-state index in [9.17, 15) is 22.8 Å². The van der Waals surface area contributed by atoms with Gasteiger partial charge in [0.25, 0.3) is 5.78 Å². The lowest BCUT2D eigenvalue weighted by Gasteiger charge is -2.21. The first-order valence-electron chi connectivity index (χ1n) is 6.13. The Balaban J connectivity index is 1.98. The van der Waals surface area contributed by atoms with Crippen molar-refractivity contribution in [3.8, 4) is 0 Å². The van der Waals surface area contributed by atoms with Gasteiger partial charge in [-0.1, -0.05) is 0 Å². The largest absolute Gasteiger partial charge is 0.454 e. The van der Waals surface area contributed by atoms with E-state index in [0.29, 0.717) is 30.6 Å². The van der Waals surface area contributed by atoms with Crippen LogP contribution in [0.2, 0.25) is 0 Å². The molecule has 2 heterocycles. The molecular weight excluding hydrogens is 307 g/mol. The van der Waals surface area contributed by atoms with E-state index in [-0.39, 0.29) is 5.91 Å². The second-order valence-corrected chi connectivity index (χ2v) is 5.29. The number of hydrogen-bond acceptors (Lipinski definition) is 5. The van der Waals surface area contributed by atoms with E-state index in [4.69, 9.17) is 0 Å². The van der Waals surface area contributed by atoms with Crippen LogP contribution >= 0.6 is 11.3 Å². The minimum atomic E-state index is -4.89. The summed E-state index contributed by atoms with van der Waals surface area (Å²) in [6, 6.07) is -0.591. The molecule has 2 rings (SSSR count). The van der Waals surface area contributed by atoms with Gasteiger partial charge in [0.1, 0.15) is 6.04 Å². The molecule has 0 aromatic carbocycles. The molecule has 1 N–H and O–H groups in total. The highest BCUT2D eigenvalue weighted by Gasteiger charge is 2.37. The minimum Gasteiger partial charge on any atom is -0.365 e. The summed E-state index contributed by atoms with van der Waals surface area (Å²) in [5.41, 5.74) is 0. The van der Waals surface area contributed by atoms with Crippen LogP contribution in [0.1, 0.15) is 12.8 Å². The molecule has 1 fully saturated rings. The fraction of sp³-hybridized carbons (Fsp3) is 0.417. The Morgan fingerprint density at radius 2 is 2.24 bits per heavy atom. The van der Waals surface area contributed by atoms with Crippen LogP contribution in [0, 0.1) is 0 Å². The van der Waals surface area contributed by atoms with Crippen molar-refractivity contribution in [3.63, 3.8) is 0 Å². The number of thiazole rings is 1. The lowest BCUT2D eigenvalue weighted by molar-refractivity contribution is -0.165. The van der Waals surface area contributed by atoms with Gasteiger partial charge in [0.2, 0.25) is 5.91 Å². The number of alkyl halides is 3. The van der Waals surface area contributed by atoms with Crippen molar-refractivity contribution in [1.29, 1.82) is 0 Å². The number of nitrogens with one attached hydrogen (secondary N) is 1. The molecule has 21 heavy (non-hydrogen) atoms. The lowest BCUT2D eigenvalue weighted by atomic mass is 10.2. The second-order valence-electron chi connectivity index (χ2n) is 4.40. The Hall–Kier alpha value is -1.90. The highest BCUT2D eigenvalue weighted by molar-refractivity contribution is 7.13. The molecule has 1 aliphatic rings. The zero-order valence-corrected chi connectivity index (χ0v) is 11.6. The molecule has 0 bridgehead atoms. The van der Waals surface area contributed by atoms with Crippen LogP contribution in [0.15, 0.2) is 23.9 Å². The number of nitrogens with zero attached hydrogens (tertiary/aromatic N) is 2. The Bertz CT molecular complexity index is 542. The maximum Gasteiger partial charge on any atom is 0.454 e. The van der Waals surface area contributed by atoms with Gasteiger partial charge in [-0.2, -0.15) is 13.2 Å². The van der Waals surface area contributed by atoms with Gasteiger partial charge < -0.3 is 10.2 Å². The fourth-order valence-electron chi connectivity index (χ4n) is 1.98. The van der Waals surface area contributed by atoms with Crippen molar-refractivity contribution < 1.29 is 22.8 Å². The Kier molecular flexibility index (Phi) is 4.61. The SMILES string of the molecule is O=C(Nc1nccs1)[C@H]1CCCN1/C=C\C(=O)C(F)(F)F. The lowest BCUT2D eigenvalue weighted by Crippen LogP contribution is -2.36. The molecule has 9 heteroatoms. The first kappa shape index (κ1) is 15.5. The molecule has 0 radical (unpaired) electrons. The number of ketones is 1. The molecule has 1 aromatic heterocycles. The van der Waals surface area contributed by atoms with Gasteiger partial charge in [0, 0.05) is 30.4 Å². The third-order valence-electron chi connectivity index (χ3n) is 2.96. The predicted molar refractivity (Wildman–Crippen MR) is 70.7 cm³/mol. The first-order valence-corrected chi connectivity index (χ1v) is 7.01. The van der Waals surface area contributed by atoms with E-state index in [0.717, 1.165) is 6.20 Å². The summed E-state index contributed by atoms with van der Waals surface area (Å²) in [6.07, 6.45) is -0.685.